The lowest BCUT2D eigenvalue weighted by Crippen LogP contribution is -2.15. The lowest BCUT2D eigenvalue weighted by Gasteiger charge is -2.08. The number of hydrogen-bond acceptors (Lipinski definition) is 3. The minimum absolute atomic E-state index is 0.224. The van der Waals surface area contributed by atoms with Gasteiger partial charge in [-0.1, -0.05) is 0 Å². The highest BCUT2D eigenvalue weighted by Gasteiger charge is 2.28. The zero-order chi connectivity index (χ0) is 15.3. The van der Waals surface area contributed by atoms with Crippen LogP contribution in [0, 0.1) is 41.4 Å². The van der Waals surface area contributed by atoms with Crippen molar-refractivity contribution in [1.82, 2.24) is 0 Å². The van der Waals surface area contributed by atoms with Crippen LogP contribution in [0.5, 0.6) is 5.75 Å². The SMILES string of the molecule is C#CCCCOC(=O)Oc1c(F)c(F)c(F)c(F)c1F. The molecule has 0 N–H and O–H groups in total. The van der Waals surface area contributed by atoms with E-state index in [-0.39, 0.29) is 19.4 Å². The van der Waals surface area contributed by atoms with E-state index in [0.29, 0.717) is 0 Å². The molecular weight excluding hydrogens is 287 g/mol. The monoisotopic (exact) mass is 294 g/mol. The van der Waals surface area contributed by atoms with Crippen LogP contribution in [0.25, 0.3) is 0 Å². The molecule has 0 aliphatic heterocycles. The molecule has 0 fully saturated rings. The Morgan fingerprint density at radius 1 is 1.00 bits per heavy atom. The van der Waals surface area contributed by atoms with Crippen molar-refractivity contribution in [2.24, 2.45) is 0 Å². The molecule has 0 aliphatic rings. The van der Waals surface area contributed by atoms with Crippen LogP contribution in [-0.4, -0.2) is 12.8 Å². The van der Waals surface area contributed by atoms with Gasteiger partial charge in [-0.25, -0.2) is 18.0 Å². The maximum Gasteiger partial charge on any atom is 0.514 e. The molecule has 0 aliphatic carbocycles. The first-order chi connectivity index (χ1) is 9.40. The van der Waals surface area contributed by atoms with Gasteiger partial charge in [0.1, 0.15) is 0 Å². The van der Waals surface area contributed by atoms with Gasteiger partial charge in [-0.2, -0.15) is 8.78 Å². The molecule has 108 valence electrons. The summed E-state index contributed by atoms with van der Waals surface area (Å²) in [6.07, 6.45) is 3.84. The van der Waals surface area contributed by atoms with E-state index in [0.717, 1.165) is 0 Å². The largest absolute Gasteiger partial charge is 0.514 e. The number of unbranched alkanes of at least 4 members (excludes halogenated alkanes) is 1. The predicted molar refractivity (Wildman–Crippen MR) is 56.3 cm³/mol. The maximum absolute atomic E-state index is 13.1. The molecule has 0 aromatic heterocycles. The van der Waals surface area contributed by atoms with E-state index in [2.05, 4.69) is 15.4 Å². The molecule has 0 bridgehead atoms. The standard InChI is InChI=1S/C12H7F5O3/c1-2-3-4-5-19-12(18)20-11-9(16)7(14)6(13)8(15)10(11)17/h1H,3-5H2. The van der Waals surface area contributed by atoms with Gasteiger partial charge >= 0.3 is 6.16 Å². The van der Waals surface area contributed by atoms with Gasteiger partial charge in [-0.3, -0.25) is 0 Å². The van der Waals surface area contributed by atoms with Crippen molar-refractivity contribution in [3.8, 4) is 18.1 Å². The number of terminal acetylenes is 1. The van der Waals surface area contributed by atoms with Gasteiger partial charge in [-0.15, -0.1) is 12.3 Å². The van der Waals surface area contributed by atoms with Gasteiger partial charge in [-0.05, 0) is 6.42 Å². The number of carbonyl (C=O) groups is 1. The fourth-order valence-corrected chi connectivity index (χ4v) is 1.12. The Morgan fingerprint density at radius 2 is 1.50 bits per heavy atom. The fraction of sp³-hybridized carbons (Fsp3) is 0.250. The average Bonchev–Trinajstić information content (AvgIpc) is 2.44. The van der Waals surface area contributed by atoms with Crippen LogP contribution in [0.1, 0.15) is 12.8 Å². The molecule has 0 spiro atoms. The smallest absolute Gasteiger partial charge is 0.434 e. The van der Waals surface area contributed by atoms with Crippen LogP contribution in [0.15, 0.2) is 0 Å². The molecule has 0 amide bonds. The third-order valence-electron chi connectivity index (χ3n) is 2.04. The highest BCUT2D eigenvalue weighted by molar-refractivity contribution is 5.64. The molecule has 0 radical (unpaired) electrons. The Balaban J connectivity index is 2.83. The maximum atomic E-state index is 13.1. The third-order valence-corrected chi connectivity index (χ3v) is 2.04. The van der Waals surface area contributed by atoms with Crippen LogP contribution < -0.4 is 4.74 Å². The van der Waals surface area contributed by atoms with E-state index >= 15 is 0 Å². The average molecular weight is 294 g/mol. The summed E-state index contributed by atoms with van der Waals surface area (Å²) in [4.78, 5) is 11.0. The molecule has 0 unspecified atom stereocenters. The summed E-state index contributed by atoms with van der Waals surface area (Å²) in [6.45, 7) is -0.224. The third kappa shape index (κ3) is 3.38. The fourth-order valence-electron chi connectivity index (χ4n) is 1.12. The Kier molecular flexibility index (Phi) is 5.32. The van der Waals surface area contributed by atoms with E-state index in [4.69, 9.17) is 6.42 Å². The topological polar surface area (TPSA) is 35.5 Å². The molecule has 0 saturated heterocycles. The van der Waals surface area contributed by atoms with Crippen LogP contribution in [0.2, 0.25) is 0 Å². The minimum Gasteiger partial charge on any atom is -0.434 e. The van der Waals surface area contributed by atoms with E-state index in [1.165, 1.54) is 0 Å². The van der Waals surface area contributed by atoms with Gasteiger partial charge in [0.25, 0.3) is 0 Å². The van der Waals surface area contributed by atoms with Gasteiger partial charge in [0, 0.05) is 6.42 Å². The van der Waals surface area contributed by atoms with E-state index in [1.54, 1.807) is 0 Å². The minimum atomic E-state index is -2.35. The molecule has 1 rings (SSSR count). The molecule has 20 heavy (non-hydrogen) atoms. The predicted octanol–water partition coefficient (Wildman–Crippen LogP) is 3.31. The summed E-state index contributed by atoms with van der Waals surface area (Å²) in [6, 6.07) is 0. The van der Waals surface area contributed by atoms with Crippen molar-refractivity contribution in [3.05, 3.63) is 29.1 Å². The number of rotatable bonds is 4. The molecule has 3 nitrogen and oxygen atoms in total. The van der Waals surface area contributed by atoms with Crippen molar-refractivity contribution in [2.75, 3.05) is 6.61 Å². The number of hydrogen-bond donors (Lipinski definition) is 0. The second-order valence-electron chi connectivity index (χ2n) is 3.41. The van der Waals surface area contributed by atoms with E-state index in [9.17, 15) is 26.7 Å². The molecule has 1 aromatic carbocycles. The quantitative estimate of drug-likeness (QED) is 0.162. The number of ether oxygens (including phenoxy) is 2. The van der Waals surface area contributed by atoms with Gasteiger partial charge in [0.05, 0.1) is 6.61 Å². The lowest BCUT2D eigenvalue weighted by molar-refractivity contribution is 0.0942. The first-order valence-corrected chi connectivity index (χ1v) is 5.19. The van der Waals surface area contributed by atoms with E-state index in [1.807, 2.05) is 0 Å². The Bertz CT molecular complexity index is 536. The summed E-state index contributed by atoms with van der Waals surface area (Å²) >= 11 is 0. The Labute approximate surface area is 110 Å². The van der Waals surface area contributed by atoms with Crippen LogP contribution in [0.4, 0.5) is 26.7 Å². The Morgan fingerprint density at radius 3 is 2.00 bits per heavy atom. The zero-order valence-electron chi connectivity index (χ0n) is 9.81. The molecule has 0 saturated carbocycles. The van der Waals surface area contributed by atoms with Crippen LogP contribution >= 0.6 is 0 Å². The highest BCUT2D eigenvalue weighted by Crippen LogP contribution is 2.29. The highest BCUT2D eigenvalue weighted by atomic mass is 19.2. The second-order valence-corrected chi connectivity index (χ2v) is 3.41. The number of halogens is 5. The lowest BCUT2D eigenvalue weighted by atomic mass is 10.3. The van der Waals surface area contributed by atoms with Crippen LogP contribution in [0.3, 0.4) is 0 Å². The van der Waals surface area contributed by atoms with E-state index < -0.39 is 41.0 Å². The summed E-state index contributed by atoms with van der Waals surface area (Å²) in [5.74, 6) is -10.8. The van der Waals surface area contributed by atoms with Crippen molar-refractivity contribution >= 4 is 6.16 Å². The number of benzene rings is 1. The molecule has 1 aromatic rings. The summed E-state index contributed by atoms with van der Waals surface area (Å²) in [7, 11) is 0. The first-order valence-electron chi connectivity index (χ1n) is 5.19. The van der Waals surface area contributed by atoms with Crippen LogP contribution in [-0.2, 0) is 4.74 Å². The van der Waals surface area contributed by atoms with Crippen molar-refractivity contribution in [3.63, 3.8) is 0 Å². The molecule has 0 heterocycles. The van der Waals surface area contributed by atoms with Crippen molar-refractivity contribution < 1.29 is 36.2 Å². The van der Waals surface area contributed by atoms with Gasteiger partial charge in [0.15, 0.2) is 0 Å². The molecule has 8 heteroatoms. The summed E-state index contributed by atoms with van der Waals surface area (Å²) in [5.41, 5.74) is 0. The normalized spacial score (nSPS) is 10.0. The number of carbonyl (C=O) groups excluding carboxylic acids is 1. The summed E-state index contributed by atoms with van der Waals surface area (Å²) in [5, 5.41) is 0. The Hall–Kier alpha value is -2.30. The van der Waals surface area contributed by atoms with Gasteiger partial charge in [0.2, 0.25) is 34.8 Å². The van der Waals surface area contributed by atoms with Crippen molar-refractivity contribution in [1.29, 1.82) is 0 Å². The zero-order valence-corrected chi connectivity index (χ0v) is 9.81. The molecular formula is C12H7F5O3. The first kappa shape index (κ1) is 15.8. The van der Waals surface area contributed by atoms with Gasteiger partial charge < -0.3 is 9.47 Å². The second kappa shape index (κ2) is 6.75. The van der Waals surface area contributed by atoms with Crippen molar-refractivity contribution in [2.45, 2.75) is 12.8 Å². The summed E-state index contributed by atoms with van der Waals surface area (Å²) < 4.78 is 72.8. The molecule has 0 atom stereocenters.